The first-order valence-electron chi connectivity index (χ1n) is 8.26. The van der Waals surface area contributed by atoms with Crippen molar-refractivity contribution in [1.82, 2.24) is 9.97 Å². The summed E-state index contributed by atoms with van der Waals surface area (Å²) in [4.78, 5) is 9.83. The van der Waals surface area contributed by atoms with E-state index in [1.54, 1.807) is 17.7 Å². The van der Waals surface area contributed by atoms with Gasteiger partial charge in [-0.15, -0.1) is 11.3 Å². The molecule has 1 aliphatic rings. The van der Waals surface area contributed by atoms with Crippen LogP contribution in [0.5, 0.6) is 0 Å². The summed E-state index contributed by atoms with van der Waals surface area (Å²) in [5.74, 6) is 0.988. The molecule has 3 aromatic rings. The Labute approximate surface area is 161 Å². The Kier molecular flexibility index (Phi) is 4.41. The Bertz CT molecular complexity index is 1060. The first-order valence-corrected chi connectivity index (χ1v) is 11.5. The van der Waals surface area contributed by atoms with Gasteiger partial charge in [0.05, 0.1) is 16.0 Å². The summed E-state index contributed by atoms with van der Waals surface area (Å²) < 4.78 is 24.2. The highest BCUT2D eigenvalue weighted by Gasteiger charge is 2.45. The van der Waals surface area contributed by atoms with Crippen molar-refractivity contribution in [3.8, 4) is 10.4 Å². The van der Waals surface area contributed by atoms with E-state index in [9.17, 15) is 8.42 Å². The van der Waals surface area contributed by atoms with Gasteiger partial charge in [-0.2, -0.15) is 0 Å². The zero-order valence-electron chi connectivity index (χ0n) is 14.2. The van der Waals surface area contributed by atoms with E-state index in [0.717, 1.165) is 39.3 Å². The minimum Gasteiger partial charge on any atom is -0.368 e. The van der Waals surface area contributed by atoms with Crippen molar-refractivity contribution in [1.29, 1.82) is 0 Å². The number of fused-ring (bicyclic) bond motifs is 1. The van der Waals surface area contributed by atoms with Gasteiger partial charge in [-0.1, -0.05) is 23.7 Å². The number of rotatable bonds is 6. The summed E-state index contributed by atoms with van der Waals surface area (Å²) in [6.07, 6.45) is 4.70. The highest BCUT2D eigenvalue weighted by molar-refractivity contribution is 7.90. The van der Waals surface area contributed by atoms with Crippen LogP contribution in [0.25, 0.3) is 20.7 Å². The fourth-order valence-corrected chi connectivity index (χ4v) is 5.82. The van der Waals surface area contributed by atoms with Crippen LogP contribution in [-0.2, 0) is 9.84 Å². The number of aromatic nitrogens is 2. The number of benzene rings is 1. The lowest BCUT2D eigenvalue weighted by Gasteiger charge is -2.15. The normalized spacial score (nSPS) is 15.9. The summed E-state index contributed by atoms with van der Waals surface area (Å²) >= 11 is 7.59. The van der Waals surface area contributed by atoms with Gasteiger partial charge in [0.25, 0.3) is 0 Å². The zero-order valence-corrected chi connectivity index (χ0v) is 16.6. The average Bonchev–Trinajstić information content (AvgIpc) is 3.17. The lowest BCUT2D eigenvalue weighted by molar-refractivity contribution is 0.560. The number of hydrogen-bond acceptors (Lipinski definition) is 6. The van der Waals surface area contributed by atoms with E-state index in [0.29, 0.717) is 11.6 Å². The van der Waals surface area contributed by atoms with Gasteiger partial charge in [-0.05, 0) is 36.6 Å². The summed E-state index contributed by atoms with van der Waals surface area (Å²) in [5, 5.41) is 4.07. The largest absolute Gasteiger partial charge is 0.368 e. The van der Waals surface area contributed by atoms with E-state index in [4.69, 9.17) is 11.6 Å². The summed E-state index contributed by atoms with van der Waals surface area (Å²) in [7, 11) is -2.98. The summed E-state index contributed by atoms with van der Waals surface area (Å²) in [6.45, 7) is 0.611. The Balaban J connectivity index is 1.59. The van der Waals surface area contributed by atoms with Gasteiger partial charge >= 0.3 is 0 Å². The van der Waals surface area contributed by atoms with E-state index < -0.39 is 9.84 Å². The molecule has 136 valence electrons. The molecule has 26 heavy (non-hydrogen) atoms. The number of thiophene rings is 1. The van der Waals surface area contributed by atoms with Crippen LogP contribution in [0.15, 0.2) is 36.7 Å². The highest BCUT2D eigenvalue weighted by atomic mass is 35.5. The van der Waals surface area contributed by atoms with Crippen molar-refractivity contribution in [3.05, 3.63) is 41.7 Å². The zero-order chi connectivity index (χ0) is 18.4. The fourth-order valence-electron chi connectivity index (χ4n) is 3.11. The maximum absolute atomic E-state index is 11.6. The van der Waals surface area contributed by atoms with Gasteiger partial charge in [0.2, 0.25) is 0 Å². The number of hydrogen-bond donors (Lipinski definition) is 1. The second-order valence-electron chi connectivity index (χ2n) is 6.98. The molecule has 0 saturated heterocycles. The number of sulfone groups is 1. The number of halogens is 1. The molecule has 1 aromatic carbocycles. The van der Waals surface area contributed by atoms with Crippen LogP contribution in [0.1, 0.15) is 12.8 Å². The second kappa shape index (κ2) is 6.48. The maximum atomic E-state index is 11.6. The van der Waals surface area contributed by atoms with E-state index in [1.807, 2.05) is 30.3 Å². The van der Waals surface area contributed by atoms with Crippen molar-refractivity contribution < 1.29 is 8.42 Å². The van der Waals surface area contributed by atoms with Crippen LogP contribution < -0.4 is 5.32 Å². The molecule has 8 heteroatoms. The third-order valence-corrected chi connectivity index (χ3v) is 7.17. The van der Waals surface area contributed by atoms with Crippen LogP contribution in [0.2, 0.25) is 5.02 Å². The van der Waals surface area contributed by atoms with Crippen molar-refractivity contribution in [2.24, 2.45) is 5.41 Å². The lowest BCUT2D eigenvalue weighted by atomic mass is 10.1. The van der Waals surface area contributed by atoms with Crippen molar-refractivity contribution in [2.45, 2.75) is 12.8 Å². The van der Waals surface area contributed by atoms with Crippen LogP contribution in [0.4, 0.5) is 5.82 Å². The maximum Gasteiger partial charge on any atom is 0.148 e. The molecule has 1 fully saturated rings. The third-order valence-electron chi connectivity index (χ3n) is 4.60. The predicted octanol–water partition coefficient (Wildman–Crippen LogP) is 4.25. The second-order valence-corrected chi connectivity index (χ2v) is 10.6. The van der Waals surface area contributed by atoms with Crippen LogP contribution in [-0.4, -0.2) is 36.9 Å². The van der Waals surface area contributed by atoms with E-state index in [1.165, 1.54) is 6.26 Å². The monoisotopic (exact) mass is 407 g/mol. The minimum atomic E-state index is -2.98. The van der Waals surface area contributed by atoms with Gasteiger partial charge in [0, 0.05) is 28.1 Å². The molecule has 4 rings (SSSR count). The smallest absolute Gasteiger partial charge is 0.148 e. The SMILES string of the molecule is CS(=O)(=O)CC1(CNc2ncnc3cc(-c4ccc(Cl)cc4)sc23)CC1. The molecule has 1 saturated carbocycles. The van der Waals surface area contributed by atoms with Gasteiger partial charge < -0.3 is 5.32 Å². The van der Waals surface area contributed by atoms with Gasteiger partial charge in [0.1, 0.15) is 22.0 Å². The molecule has 0 amide bonds. The fraction of sp³-hybridized carbons (Fsp3) is 0.333. The average molecular weight is 408 g/mol. The molecule has 1 aliphatic carbocycles. The Morgan fingerprint density at radius 1 is 1.23 bits per heavy atom. The number of nitrogens with one attached hydrogen (secondary N) is 1. The van der Waals surface area contributed by atoms with Crippen molar-refractivity contribution >= 4 is 48.8 Å². The van der Waals surface area contributed by atoms with Gasteiger partial charge in [-0.25, -0.2) is 18.4 Å². The van der Waals surface area contributed by atoms with Gasteiger partial charge in [-0.3, -0.25) is 0 Å². The van der Waals surface area contributed by atoms with Crippen LogP contribution >= 0.6 is 22.9 Å². The Hall–Kier alpha value is -1.70. The molecule has 0 aliphatic heterocycles. The minimum absolute atomic E-state index is 0.152. The predicted molar refractivity (Wildman–Crippen MR) is 108 cm³/mol. The quantitative estimate of drug-likeness (QED) is 0.661. The third kappa shape index (κ3) is 3.84. The molecule has 0 unspecified atom stereocenters. The molecule has 2 heterocycles. The van der Waals surface area contributed by atoms with Crippen LogP contribution in [0.3, 0.4) is 0 Å². The van der Waals surface area contributed by atoms with Gasteiger partial charge in [0.15, 0.2) is 0 Å². The van der Waals surface area contributed by atoms with E-state index in [2.05, 4.69) is 15.3 Å². The van der Waals surface area contributed by atoms with Crippen LogP contribution in [0, 0.1) is 5.41 Å². The molecule has 1 N–H and O–H groups in total. The Morgan fingerprint density at radius 3 is 2.62 bits per heavy atom. The molecule has 0 radical (unpaired) electrons. The van der Waals surface area contributed by atoms with E-state index >= 15 is 0 Å². The molecular formula is C18H18ClN3O2S2. The molecule has 0 spiro atoms. The molecule has 5 nitrogen and oxygen atoms in total. The molecule has 2 aromatic heterocycles. The molecule has 0 atom stereocenters. The first kappa shape index (κ1) is 17.7. The first-order chi connectivity index (χ1) is 12.3. The van der Waals surface area contributed by atoms with E-state index in [-0.39, 0.29) is 11.2 Å². The lowest BCUT2D eigenvalue weighted by Crippen LogP contribution is -2.24. The van der Waals surface area contributed by atoms with Crippen molar-refractivity contribution in [2.75, 3.05) is 23.9 Å². The Morgan fingerprint density at radius 2 is 1.96 bits per heavy atom. The number of nitrogens with zero attached hydrogens (tertiary/aromatic N) is 2. The topological polar surface area (TPSA) is 72.0 Å². The molecular weight excluding hydrogens is 390 g/mol. The number of anilines is 1. The highest BCUT2D eigenvalue weighted by Crippen LogP contribution is 2.47. The molecule has 0 bridgehead atoms. The summed E-state index contributed by atoms with van der Waals surface area (Å²) in [6, 6.07) is 9.75. The standard InChI is InChI=1S/C18H18ClN3O2S2/c1-26(23,24)10-18(6-7-18)9-20-17-16-14(21-11-22-17)8-15(25-16)12-2-4-13(19)5-3-12/h2-5,8,11H,6-7,9-10H2,1H3,(H,20,21,22). The summed E-state index contributed by atoms with van der Waals surface area (Å²) in [5.41, 5.74) is 1.81. The van der Waals surface area contributed by atoms with Crippen molar-refractivity contribution in [3.63, 3.8) is 0 Å².